The Balaban J connectivity index is 1.50. The van der Waals surface area contributed by atoms with Gasteiger partial charge in [-0.25, -0.2) is 9.59 Å². The van der Waals surface area contributed by atoms with Crippen LogP contribution in [-0.2, 0) is 0 Å². The smallest absolute Gasteiger partial charge is 0.343 e. The zero-order chi connectivity index (χ0) is 21.9. The van der Waals surface area contributed by atoms with Crippen molar-refractivity contribution in [1.82, 2.24) is 0 Å². The SMILES string of the molecule is O=c1occ(-c2ccc(-c3coc(=O)c(-c4ccccc4)c3)cc2)cc1-c1ccccc1. The summed E-state index contributed by atoms with van der Waals surface area (Å²) in [5.41, 5.74) is 5.35. The van der Waals surface area contributed by atoms with Crippen molar-refractivity contribution in [2.45, 2.75) is 0 Å². The van der Waals surface area contributed by atoms with Gasteiger partial charge in [0.15, 0.2) is 0 Å². The molecule has 0 bridgehead atoms. The molecule has 32 heavy (non-hydrogen) atoms. The third-order valence-corrected chi connectivity index (χ3v) is 5.35. The molecule has 0 saturated heterocycles. The van der Waals surface area contributed by atoms with Crippen molar-refractivity contribution in [3.05, 3.63) is 130 Å². The van der Waals surface area contributed by atoms with E-state index in [1.165, 1.54) is 12.5 Å². The molecule has 0 saturated carbocycles. The molecule has 4 nitrogen and oxygen atoms in total. The van der Waals surface area contributed by atoms with E-state index in [1.54, 1.807) is 0 Å². The summed E-state index contributed by atoms with van der Waals surface area (Å²) in [7, 11) is 0. The molecule has 0 spiro atoms. The summed E-state index contributed by atoms with van der Waals surface area (Å²) in [6, 6.07) is 30.4. The van der Waals surface area contributed by atoms with Crippen molar-refractivity contribution in [2.24, 2.45) is 0 Å². The van der Waals surface area contributed by atoms with E-state index in [2.05, 4.69) is 0 Å². The molecule has 4 heteroatoms. The third kappa shape index (κ3) is 3.82. The van der Waals surface area contributed by atoms with Gasteiger partial charge in [-0.2, -0.15) is 0 Å². The van der Waals surface area contributed by atoms with Crippen LogP contribution in [0.2, 0.25) is 0 Å². The average molecular weight is 418 g/mol. The first-order valence-corrected chi connectivity index (χ1v) is 10.2. The highest BCUT2D eigenvalue weighted by molar-refractivity contribution is 5.75. The van der Waals surface area contributed by atoms with Gasteiger partial charge in [0, 0.05) is 11.1 Å². The Kier molecular flexibility index (Phi) is 5.10. The van der Waals surface area contributed by atoms with Crippen LogP contribution in [0.15, 0.2) is 128 Å². The number of hydrogen-bond donors (Lipinski definition) is 0. The molecule has 2 aromatic heterocycles. The molecular formula is C28H18O4. The Bertz CT molecular complexity index is 1360. The van der Waals surface area contributed by atoms with Crippen LogP contribution in [-0.4, -0.2) is 0 Å². The highest BCUT2D eigenvalue weighted by Gasteiger charge is 2.10. The Morgan fingerprint density at radius 3 is 1.16 bits per heavy atom. The van der Waals surface area contributed by atoms with Crippen molar-refractivity contribution < 1.29 is 8.83 Å². The number of hydrogen-bond acceptors (Lipinski definition) is 4. The molecule has 5 aromatic rings. The lowest BCUT2D eigenvalue weighted by atomic mass is 9.99. The van der Waals surface area contributed by atoms with E-state index in [0.717, 1.165) is 33.4 Å². The van der Waals surface area contributed by atoms with E-state index in [4.69, 9.17) is 8.83 Å². The van der Waals surface area contributed by atoms with E-state index in [-0.39, 0.29) is 11.3 Å². The average Bonchev–Trinajstić information content (AvgIpc) is 2.86. The van der Waals surface area contributed by atoms with E-state index in [9.17, 15) is 9.59 Å². The second-order valence-corrected chi connectivity index (χ2v) is 7.38. The molecule has 3 aromatic carbocycles. The Hall–Kier alpha value is -4.44. The van der Waals surface area contributed by atoms with Gasteiger partial charge in [-0.3, -0.25) is 0 Å². The predicted molar refractivity (Wildman–Crippen MR) is 125 cm³/mol. The quantitative estimate of drug-likeness (QED) is 0.346. The topological polar surface area (TPSA) is 60.4 Å². The maximum Gasteiger partial charge on any atom is 0.343 e. The van der Waals surface area contributed by atoms with Gasteiger partial charge >= 0.3 is 11.3 Å². The lowest BCUT2D eigenvalue weighted by Crippen LogP contribution is -2.02. The summed E-state index contributed by atoms with van der Waals surface area (Å²) in [6.45, 7) is 0. The molecule has 0 unspecified atom stereocenters. The highest BCUT2D eigenvalue weighted by Crippen LogP contribution is 2.28. The summed E-state index contributed by atoms with van der Waals surface area (Å²) < 4.78 is 10.6. The normalized spacial score (nSPS) is 10.8. The molecule has 154 valence electrons. The van der Waals surface area contributed by atoms with Crippen molar-refractivity contribution in [3.63, 3.8) is 0 Å². The van der Waals surface area contributed by atoms with E-state index >= 15 is 0 Å². The lowest BCUT2D eigenvalue weighted by molar-refractivity contribution is 0.514. The van der Waals surface area contributed by atoms with Crippen LogP contribution in [0.1, 0.15) is 0 Å². The van der Waals surface area contributed by atoms with Crippen LogP contribution in [0.4, 0.5) is 0 Å². The zero-order valence-corrected chi connectivity index (χ0v) is 17.0. The number of benzene rings is 3. The van der Waals surface area contributed by atoms with E-state index in [1.807, 2.05) is 97.1 Å². The second kappa shape index (κ2) is 8.36. The standard InChI is InChI=1S/C28H18O4/c29-27-25(21-7-3-1-4-8-21)15-23(17-31-27)19-11-13-20(14-12-19)24-16-26(28(30)32-18-24)22-9-5-2-6-10-22/h1-18H. The Labute approximate surface area is 184 Å². The van der Waals surface area contributed by atoms with Crippen molar-refractivity contribution in [2.75, 3.05) is 0 Å². The van der Waals surface area contributed by atoms with Gasteiger partial charge in [0.2, 0.25) is 0 Å². The van der Waals surface area contributed by atoms with Gasteiger partial charge < -0.3 is 8.83 Å². The van der Waals surface area contributed by atoms with Crippen molar-refractivity contribution in [1.29, 1.82) is 0 Å². The zero-order valence-electron chi connectivity index (χ0n) is 17.0. The summed E-state index contributed by atoms with van der Waals surface area (Å²) >= 11 is 0. The van der Waals surface area contributed by atoms with Gasteiger partial charge in [0.05, 0.1) is 11.1 Å². The lowest BCUT2D eigenvalue weighted by Gasteiger charge is -2.07. The molecule has 2 heterocycles. The second-order valence-electron chi connectivity index (χ2n) is 7.38. The van der Waals surface area contributed by atoms with Gasteiger partial charge in [0.25, 0.3) is 0 Å². The van der Waals surface area contributed by atoms with Crippen molar-refractivity contribution in [3.8, 4) is 44.5 Å². The van der Waals surface area contributed by atoms with Gasteiger partial charge in [-0.05, 0) is 34.4 Å². The summed E-state index contributed by atoms with van der Waals surface area (Å²) in [6.07, 6.45) is 2.94. The third-order valence-electron chi connectivity index (χ3n) is 5.35. The number of rotatable bonds is 4. The first kappa shape index (κ1) is 19.5. The molecular weight excluding hydrogens is 400 g/mol. The van der Waals surface area contributed by atoms with Crippen molar-refractivity contribution >= 4 is 0 Å². The van der Waals surface area contributed by atoms with Crippen LogP contribution in [0.5, 0.6) is 0 Å². The molecule has 0 fully saturated rings. The fraction of sp³-hybridized carbons (Fsp3) is 0. The van der Waals surface area contributed by atoms with Crippen LogP contribution in [0, 0.1) is 0 Å². The molecule has 0 amide bonds. The highest BCUT2D eigenvalue weighted by atomic mass is 16.4. The largest absolute Gasteiger partial charge is 0.430 e. The summed E-state index contributed by atoms with van der Waals surface area (Å²) in [5.74, 6) is 0. The Morgan fingerprint density at radius 1 is 0.406 bits per heavy atom. The molecule has 0 N–H and O–H groups in total. The van der Waals surface area contributed by atoms with Crippen LogP contribution in [0.25, 0.3) is 44.5 Å². The molecule has 0 atom stereocenters. The van der Waals surface area contributed by atoms with Gasteiger partial charge in [-0.1, -0.05) is 84.9 Å². The minimum absolute atomic E-state index is 0.371. The van der Waals surface area contributed by atoms with Crippen LogP contribution in [0.3, 0.4) is 0 Å². The van der Waals surface area contributed by atoms with E-state index in [0.29, 0.717) is 11.1 Å². The maximum absolute atomic E-state index is 12.2. The minimum atomic E-state index is -0.371. The van der Waals surface area contributed by atoms with Gasteiger partial charge in [0.1, 0.15) is 12.5 Å². The fourth-order valence-electron chi connectivity index (χ4n) is 3.65. The molecule has 0 aliphatic heterocycles. The summed E-state index contributed by atoms with van der Waals surface area (Å²) in [5, 5.41) is 0. The molecule has 5 rings (SSSR count). The molecule has 0 aliphatic carbocycles. The summed E-state index contributed by atoms with van der Waals surface area (Å²) in [4.78, 5) is 24.4. The van der Waals surface area contributed by atoms with Crippen LogP contribution >= 0.6 is 0 Å². The monoisotopic (exact) mass is 418 g/mol. The molecule has 0 aliphatic rings. The predicted octanol–water partition coefficient (Wildman–Crippen LogP) is 6.26. The Morgan fingerprint density at radius 2 is 0.781 bits per heavy atom. The first-order valence-electron chi connectivity index (χ1n) is 10.2. The van der Waals surface area contributed by atoms with Gasteiger partial charge in [-0.15, -0.1) is 0 Å². The van der Waals surface area contributed by atoms with Crippen LogP contribution < -0.4 is 11.3 Å². The minimum Gasteiger partial charge on any atom is -0.430 e. The fourth-order valence-corrected chi connectivity index (χ4v) is 3.65. The first-order chi connectivity index (χ1) is 15.7. The van der Waals surface area contributed by atoms with E-state index < -0.39 is 0 Å². The molecule has 0 radical (unpaired) electrons. The maximum atomic E-state index is 12.2.